The first-order valence-corrected chi connectivity index (χ1v) is 36.0. The van der Waals surface area contributed by atoms with Gasteiger partial charge in [-0.25, -0.2) is 0 Å². The van der Waals surface area contributed by atoms with Crippen LogP contribution in [0.4, 0.5) is 0 Å². The fraction of sp³-hybridized carbons (Fsp3) is 0.188. The Kier molecular flexibility index (Phi) is 20.5. The van der Waals surface area contributed by atoms with Gasteiger partial charge in [-0.05, 0) is 249 Å². The molecule has 0 spiro atoms. The Morgan fingerprint density at radius 3 is 0.920 bits per heavy atom. The van der Waals surface area contributed by atoms with E-state index in [1.807, 2.05) is 35.6 Å². The summed E-state index contributed by atoms with van der Waals surface area (Å²) in [5.41, 5.74) is 32.3. The zero-order chi connectivity index (χ0) is 70.7. The molecule has 0 fully saturated rings. The quantitative estimate of drug-likeness (QED) is 0.172. The molecule has 0 aliphatic carbocycles. The van der Waals surface area contributed by atoms with Crippen molar-refractivity contribution in [3.05, 3.63) is 355 Å². The van der Waals surface area contributed by atoms with Gasteiger partial charge in [-0.2, -0.15) is 0 Å². The second-order valence-electron chi connectivity index (χ2n) is 28.2. The molecule has 0 amide bonds. The zero-order valence-corrected chi connectivity index (χ0v) is 62.4. The van der Waals surface area contributed by atoms with E-state index >= 15 is 0 Å². The van der Waals surface area contributed by atoms with Gasteiger partial charge in [0.2, 0.25) is 0 Å². The van der Waals surface area contributed by atoms with E-state index in [0.29, 0.717) is 0 Å². The Hall–Kier alpha value is -10.5. The van der Waals surface area contributed by atoms with Gasteiger partial charge >= 0.3 is 0 Å². The van der Waals surface area contributed by atoms with Crippen molar-refractivity contribution >= 4 is 97.1 Å². The van der Waals surface area contributed by atoms with Crippen LogP contribution in [0.3, 0.4) is 0 Å². The number of benzene rings is 13. The molecule has 3 nitrogen and oxygen atoms in total. The van der Waals surface area contributed by atoms with Gasteiger partial charge < -0.3 is 13.6 Å². The summed E-state index contributed by atoms with van der Waals surface area (Å²) < 4.78 is 13.4. The van der Waals surface area contributed by atoms with Gasteiger partial charge in [0.05, 0.1) is 22.1 Å². The van der Waals surface area contributed by atoms with Crippen LogP contribution >= 0.6 is 11.3 Å². The van der Waals surface area contributed by atoms with Crippen molar-refractivity contribution in [3.63, 3.8) is 0 Å². The molecule has 4 heterocycles. The van der Waals surface area contributed by atoms with Crippen LogP contribution in [0.2, 0.25) is 0 Å². The van der Waals surface area contributed by atoms with Crippen LogP contribution in [0.1, 0.15) is 108 Å². The molecule has 17 aromatic rings. The molecular formula is C96H94N2OS. The van der Waals surface area contributed by atoms with Crippen molar-refractivity contribution in [1.29, 1.82) is 0 Å². The number of rotatable bonds is 4. The molecule has 0 radical (unpaired) electrons. The molecule has 13 aromatic carbocycles. The molecule has 0 saturated carbocycles. The Labute approximate surface area is 596 Å². The smallest absolute Gasteiger partial charge is 0.135 e. The van der Waals surface area contributed by atoms with Crippen LogP contribution in [-0.4, -0.2) is 9.13 Å². The number of furan rings is 1. The highest BCUT2D eigenvalue weighted by molar-refractivity contribution is 7.25. The highest BCUT2D eigenvalue weighted by Crippen LogP contribution is 2.40. The molecule has 17 rings (SSSR count). The number of thiophene rings is 1. The Bertz CT molecular complexity index is 5390. The maximum absolute atomic E-state index is 5.81. The van der Waals surface area contributed by atoms with E-state index in [0.717, 1.165) is 11.2 Å². The van der Waals surface area contributed by atoms with Crippen molar-refractivity contribution in [2.24, 2.45) is 0 Å². The van der Waals surface area contributed by atoms with Gasteiger partial charge in [-0.15, -0.1) is 11.3 Å². The summed E-state index contributed by atoms with van der Waals surface area (Å²) in [6, 6.07) is 93.5. The van der Waals surface area contributed by atoms with Gasteiger partial charge in [0.1, 0.15) is 11.2 Å². The van der Waals surface area contributed by atoms with Crippen molar-refractivity contribution < 1.29 is 4.42 Å². The lowest BCUT2D eigenvalue weighted by atomic mass is 9.78. The van der Waals surface area contributed by atoms with Crippen LogP contribution in [0.25, 0.3) is 97.1 Å². The number of nitrogens with zero attached hydrogens (tertiary/aromatic N) is 2. The molecule has 0 aliphatic rings. The SMILES string of the molecule is Cc1ccc(-n2c3cccc(C)c3c3c(C)cccc32)cc1.Cc1ccc(C(C)(C)c2ccc(C)cc2)cc1.Cc1ccc(C)c(C)c1.Cc1cccc(-n2c3cccc(C)c3c3c(C)cccc32)c1.Cc1cccc2oc3cccc(C)c3c12.Cc1cccc2sc3cccc(C)c3c12. The average Bonchev–Trinajstić information content (AvgIpc) is 1.68. The molecule has 0 unspecified atom stereocenters. The first kappa shape index (κ1) is 69.4. The number of hydrogen-bond donors (Lipinski definition) is 0. The van der Waals surface area contributed by atoms with Crippen molar-refractivity contribution in [2.75, 3.05) is 0 Å². The van der Waals surface area contributed by atoms with E-state index in [1.165, 1.54) is 181 Å². The van der Waals surface area contributed by atoms with Crippen LogP contribution in [0, 0.1) is 104 Å². The Morgan fingerprint density at radius 2 is 0.550 bits per heavy atom. The third kappa shape index (κ3) is 14.2. The van der Waals surface area contributed by atoms with Gasteiger partial charge in [0, 0.05) is 69.3 Å². The number of aryl methyl sites for hydroxylation is 15. The lowest BCUT2D eigenvalue weighted by Crippen LogP contribution is -2.18. The summed E-state index contributed by atoms with van der Waals surface area (Å²) in [6.45, 7) is 36.9. The third-order valence-electron chi connectivity index (χ3n) is 20.1. The summed E-state index contributed by atoms with van der Waals surface area (Å²) in [4.78, 5) is 0. The highest BCUT2D eigenvalue weighted by Gasteiger charge is 2.23. The molecule has 4 aromatic heterocycles. The van der Waals surface area contributed by atoms with Crippen molar-refractivity contribution in [2.45, 2.75) is 123 Å². The molecule has 4 heteroatoms. The average molecular weight is 1320 g/mol. The monoisotopic (exact) mass is 1320 g/mol. The van der Waals surface area contributed by atoms with Crippen molar-refractivity contribution in [3.8, 4) is 11.4 Å². The summed E-state index contributed by atoms with van der Waals surface area (Å²) in [5.74, 6) is 0. The van der Waals surface area contributed by atoms with Gasteiger partial charge in [0.15, 0.2) is 0 Å². The molecule has 0 bridgehead atoms. The van der Waals surface area contributed by atoms with Crippen LogP contribution in [0.15, 0.2) is 265 Å². The largest absolute Gasteiger partial charge is 0.456 e. The zero-order valence-electron chi connectivity index (χ0n) is 61.5. The maximum atomic E-state index is 5.81. The summed E-state index contributed by atoms with van der Waals surface area (Å²) in [6.07, 6.45) is 0. The summed E-state index contributed by atoms with van der Waals surface area (Å²) in [5, 5.41) is 10.9. The normalized spacial score (nSPS) is 11.2. The van der Waals surface area contributed by atoms with E-state index < -0.39 is 0 Å². The van der Waals surface area contributed by atoms with E-state index in [1.54, 1.807) is 0 Å². The van der Waals surface area contributed by atoms with Gasteiger partial charge in [-0.3, -0.25) is 0 Å². The molecule has 0 N–H and O–H groups in total. The van der Waals surface area contributed by atoms with Crippen LogP contribution in [0.5, 0.6) is 0 Å². The molecular weight excluding hydrogens is 1230 g/mol. The molecule has 500 valence electrons. The minimum atomic E-state index is 0.0708. The number of fused-ring (bicyclic) bond motifs is 12. The second kappa shape index (κ2) is 29.5. The first-order chi connectivity index (χ1) is 48.1. The minimum absolute atomic E-state index is 0.0708. The van der Waals surface area contributed by atoms with Crippen LogP contribution < -0.4 is 0 Å². The molecule has 0 atom stereocenters. The van der Waals surface area contributed by atoms with E-state index in [2.05, 4.69) is 363 Å². The van der Waals surface area contributed by atoms with Crippen LogP contribution in [-0.2, 0) is 5.41 Å². The predicted molar refractivity (Wildman–Crippen MR) is 437 cm³/mol. The van der Waals surface area contributed by atoms with Crippen molar-refractivity contribution in [1.82, 2.24) is 9.13 Å². The van der Waals surface area contributed by atoms with Gasteiger partial charge in [-0.1, -0.05) is 224 Å². The van der Waals surface area contributed by atoms with E-state index in [9.17, 15) is 0 Å². The fourth-order valence-electron chi connectivity index (χ4n) is 14.4. The summed E-state index contributed by atoms with van der Waals surface area (Å²) >= 11 is 1.89. The third-order valence-corrected chi connectivity index (χ3v) is 21.2. The standard InChI is InChI=1S/2C21H19N.C17H20.C14H12O.C14H12S.C9H12/c1-14-7-4-10-17(13-14)22-18-11-5-8-15(2)20(18)21-16(3)9-6-12-19(21)22;1-14-10-12-17(13-11-14)22-18-8-4-6-15(2)20(18)21-16(3)7-5-9-19(21)22;1-13-5-9-15(10-6-13)17(3,4)16-11-7-14(2)8-12-16;2*1-9-5-3-7-11-13(9)14-10(2)6-4-8-12(14)15-11;1-7-4-5-8(2)9(3)6-7/h2*4-13H,1-3H3;5-12H,1-4H3;2*3-8H,1-2H3;4-6H,1-3H3. The predicted octanol–water partition coefficient (Wildman–Crippen LogP) is 27.5. The Balaban J connectivity index is 0.000000116. The highest BCUT2D eigenvalue weighted by atomic mass is 32.1. The number of aromatic nitrogens is 2. The Morgan fingerprint density at radius 1 is 0.240 bits per heavy atom. The number of hydrogen-bond acceptors (Lipinski definition) is 2. The lowest BCUT2D eigenvalue weighted by Gasteiger charge is -2.26. The maximum Gasteiger partial charge on any atom is 0.135 e. The lowest BCUT2D eigenvalue weighted by molar-refractivity contribution is 0.640. The minimum Gasteiger partial charge on any atom is -0.456 e. The fourth-order valence-corrected chi connectivity index (χ4v) is 15.6. The topological polar surface area (TPSA) is 23.0 Å². The van der Waals surface area contributed by atoms with Gasteiger partial charge in [0.25, 0.3) is 0 Å². The van der Waals surface area contributed by atoms with E-state index in [-0.39, 0.29) is 5.41 Å². The molecule has 0 saturated heterocycles. The first-order valence-electron chi connectivity index (χ1n) is 35.1. The summed E-state index contributed by atoms with van der Waals surface area (Å²) in [7, 11) is 0. The molecule has 0 aliphatic heterocycles. The molecule has 100 heavy (non-hydrogen) atoms. The second-order valence-corrected chi connectivity index (χ2v) is 29.2. The van der Waals surface area contributed by atoms with E-state index in [4.69, 9.17) is 4.42 Å².